The molecule has 1 aliphatic heterocycles. The van der Waals surface area contributed by atoms with E-state index in [0.717, 1.165) is 16.7 Å². The van der Waals surface area contributed by atoms with Crippen LogP contribution in [0.1, 0.15) is 25.3 Å². The normalized spacial score (nSPS) is 26.4. The highest BCUT2D eigenvalue weighted by Gasteiger charge is 2.51. The molecule has 98 valence electrons. The smallest absolute Gasteiger partial charge is 0.317 e. The van der Waals surface area contributed by atoms with Crippen LogP contribution in [0.5, 0.6) is 0 Å². The van der Waals surface area contributed by atoms with Gasteiger partial charge in [0.15, 0.2) is 5.78 Å². The average Bonchev–Trinajstić information content (AvgIpc) is 2.74. The molecule has 0 spiro atoms. The molecule has 0 bridgehead atoms. The maximum atomic E-state index is 12.2. The number of carbonyl (C=O) groups is 2. The predicted molar refractivity (Wildman–Crippen MR) is 70.5 cm³/mol. The van der Waals surface area contributed by atoms with Crippen LogP contribution in [0.4, 0.5) is 0 Å². The van der Waals surface area contributed by atoms with Crippen molar-refractivity contribution < 1.29 is 14.3 Å². The van der Waals surface area contributed by atoms with E-state index in [-0.39, 0.29) is 18.4 Å². The lowest BCUT2D eigenvalue weighted by Crippen LogP contribution is -2.35. The summed E-state index contributed by atoms with van der Waals surface area (Å²) >= 11 is 0. The number of carbonyl (C=O) groups excluding carboxylic acids is 2. The zero-order valence-corrected chi connectivity index (χ0v) is 10.9. The average molecular weight is 256 g/mol. The van der Waals surface area contributed by atoms with Gasteiger partial charge in [0.1, 0.15) is 6.61 Å². The molecule has 0 amide bonds. The second kappa shape index (κ2) is 4.34. The van der Waals surface area contributed by atoms with Crippen LogP contribution in [-0.2, 0) is 20.7 Å². The monoisotopic (exact) mass is 256 g/mol. The van der Waals surface area contributed by atoms with Crippen LogP contribution in [0.15, 0.2) is 41.5 Å². The number of hydrogen-bond acceptors (Lipinski definition) is 3. The quantitative estimate of drug-likeness (QED) is 0.763. The first-order valence-corrected chi connectivity index (χ1v) is 6.58. The predicted octanol–water partition coefficient (Wildman–Crippen LogP) is 2.45. The lowest BCUT2D eigenvalue weighted by molar-refractivity contribution is -0.146. The van der Waals surface area contributed by atoms with Crippen LogP contribution in [0.25, 0.3) is 0 Å². The van der Waals surface area contributed by atoms with Crippen molar-refractivity contribution in [2.24, 2.45) is 5.41 Å². The Bertz CT molecular complexity index is 571. The lowest BCUT2D eigenvalue weighted by atomic mass is 9.68. The van der Waals surface area contributed by atoms with E-state index in [1.165, 1.54) is 0 Å². The molecule has 0 aromatic heterocycles. The van der Waals surface area contributed by atoms with E-state index in [0.29, 0.717) is 19.3 Å². The Labute approximate surface area is 112 Å². The number of ketones is 1. The maximum Gasteiger partial charge on any atom is 0.317 e. The fraction of sp³-hybridized carbons (Fsp3) is 0.375. The number of hydrogen-bond donors (Lipinski definition) is 0. The number of Topliss-reactive ketones (excluding diaryl/α,β-unsaturated/α-hetero) is 1. The van der Waals surface area contributed by atoms with E-state index < -0.39 is 5.41 Å². The third-order valence-corrected chi connectivity index (χ3v) is 4.31. The number of cyclic esters (lactones) is 1. The van der Waals surface area contributed by atoms with E-state index >= 15 is 0 Å². The molecule has 1 heterocycles. The highest BCUT2D eigenvalue weighted by atomic mass is 16.5. The van der Waals surface area contributed by atoms with E-state index in [1.807, 2.05) is 37.3 Å². The number of ether oxygens (including phenoxy) is 1. The minimum Gasteiger partial charge on any atom is -0.460 e. The number of rotatable bonds is 2. The standard InChI is InChI=1S/C16H16O3/c1-11-13-10-19-15(18)16(13,8-7-14(11)17)9-12-5-3-2-4-6-12/h2-6H,7-10H2,1H3/t16-/m1/s1. The summed E-state index contributed by atoms with van der Waals surface area (Å²) in [5, 5.41) is 0. The molecule has 1 saturated heterocycles. The topological polar surface area (TPSA) is 43.4 Å². The molecule has 1 aliphatic carbocycles. The van der Waals surface area contributed by atoms with Crippen LogP contribution in [0, 0.1) is 5.41 Å². The molecule has 1 fully saturated rings. The summed E-state index contributed by atoms with van der Waals surface area (Å²) in [7, 11) is 0. The first kappa shape index (κ1) is 12.2. The Balaban J connectivity index is 2.04. The van der Waals surface area contributed by atoms with Gasteiger partial charge in [0, 0.05) is 6.42 Å². The molecule has 2 aliphatic rings. The highest BCUT2D eigenvalue weighted by Crippen LogP contribution is 2.47. The summed E-state index contributed by atoms with van der Waals surface area (Å²) in [6, 6.07) is 9.93. The van der Waals surface area contributed by atoms with Gasteiger partial charge in [-0.2, -0.15) is 0 Å². The van der Waals surface area contributed by atoms with Gasteiger partial charge in [-0.1, -0.05) is 30.3 Å². The van der Waals surface area contributed by atoms with E-state index in [2.05, 4.69) is 0 Å². The fourth-order valence-electron chi connectivity index (χ4n) is 3.15. The summed E-state index contributed by atoms with van der Waals surface area (Å²) in [5.41, 5.74) is 2.14. The Morgan fingerprint density at radius 1 is 1.21 bits per heavy atom. The van der Waals surface area contributed by atoms with Crippen molar-refractivity contribution in [3.8, 4) is 0 Å². The molecule has 1 aromatic carbocycles. The van der Waals surface area contributed by atoms with Crippen molar-refractivity contribution in [3.05, 3.63) is 47.0 Å². The zero-order chi connectivity index (χ0) is 13.5. The summed E-state index contributed by atoms with van der Waals surface area (Å²) in [6.07, 6.45) is 1.65. The van der Waals surface area contributed by atoms with Crippen molar-refractivity contribution in [2.75, 3.05) is 6.61 Å². The van der Waals surface area contributed by atoms with Gasteiger partial charge in [0.2, 0.25) is 0 Å². The molecule has 0 radical (unpaired) electrons. The van der Waals surface area contributed by atoms with Gasteiger partial charge in [-0.25, -0.2) is 0 Å². The van der Waals surface area contributed by atoms with E-state index in [4.69, 9.17) is 4.74 Å². The van der Waals surface area contributed by atoms with Gasteiger partial charge < -0.3 is 4.74 Å². The Kier molecular flexibility index (Phi) is 2.77. The van der Waals surface area contributed by atoms with E-state index in [1.54, 1.807) is 0 Å². The maximum absolute atomic E-state index is 12.2. The van der Waals surface area contributed by atoms with Crippen molar-refractivity contribution in [1.29, 1.82) is 0 Å². The highest BCUT2D eigenvalue weighted by molar-refractivity contribution is 6.00. The summed E-state index contributed by atoms with van der Waals surface area (Å²) in [4.78, 5) is 24.0. The van der Waals surface area contributed by atoms with Gasteiger partial charge in [0.25, 0.3) is 0 Å². The Morgan fingerprint density at radius 3 is 2.68 bits per heavy atom. The zero-order valence-electron chi connectivity index (χ0n) is 10.9. The largest absolute Gasteiger partial charge is 0.460 e. The van der Waals surface area contributed by atoms with Gasteiger partial charge in [-0.3, -0.25) is 9.59 Å². The number of allylic oxidation sites excluding steroid dienone is 1. The van der Waals surface area contributed by atoms with Crippen LogP contribution >= 0.6 is 0 Å². The second-order valence-corrected chi connectivity index (χ2v) is 5.35. The molecule has 0 N–H and O–H groups in total. The number of esters is 1. The van der Waals surface area contributed by atoms with Gasteiger partial charge in [-0.15, -0.1) is 0 Å². The third kappa shape index (κ3) is 1.81. The molecule has 1 atom stereocenters. The first-order chi connectivity index (χ1) is 9.13. The molecule has 0 saturated carbocycles. The van der Waals surface area contributed by atoms with Crippen molar-refractivity contribution >= 4 is 11.8 Å². The molecule has 0 unspecified atom stereocenters. The summed E-state index contributed by atoms with van der Waals surface area (Å²) < 4.78 is 5.25. The second-order valence-electron chi connectivity index (χ2n) is 5.35. The van der Waals surface area contributed by atoms with Gasteiger partial charge >= 0.3 is 5.97 Å². The van der Waals surface area contributed by atoms with Gasteiger partial charge in [-0.05, 0) is 36.5 Å². The third-order valence-electron chi connectivity index (χ3n) is 4.31. The molecule has 3 heteroatoms. The SMILES string of the molecule is CC1=C2COC(=O)[C@@]2(Cc2ccccc2)CCC1=O. The molecule has 19 heavy (non-hydrogen) atoms. The molecular formula is C16H16O3. The minimum atomic E-state index is -0.598. The van der Waals surface area contributed by atoms with Gasteiger partial charge in [0.05, 0.1) is 5.41 Å². The Hall–Kier alpha value is -1.90. The van der Waals surface area contributed by atoms with Crippen LogP contribution in [0.3, 0.4) is 0 Å². The van der Waals surface area contributed by atoms with Crippen LogP contribution < -0.4 is 0 Å². The first-order valence-electron chi connectivity index (χ1n) is 6.58. The van der Waals surface area contributed by atoms with Crippen molar-refractivity contribution in [2.45, 2.75) is 26.2 Å². The molecule has 1 aromatic rings. The number of fused-ring (bicyclic) bond motifs is 1. The molecule has 3 rings (SSSR count). The molecular weight excluding hydrogens is 240 g/mol. The Morgan fingerprint density at radius 2 is 1.95 bits per heavy atom. The lowest BCUT2D eigenvalue weighted by Gasteiger charge is -2.31. The summed E-state index contributed by atoms with van der Waals surface area (Å²) in [5.74, 6) is -0.0183. The fourth-order valence-corrected chi connectivity index (χ4v) is 3.15. The van der Waals surface area contributed by atoms with Crippen LogP contribution in [-0.4, -0.2) is 18.4 Å². The van der Waals surface area contributed by atoms with Crippen molar-refractivity contribution in [1.82, 2.24) is 0 Å². The van der Waals surface area contributed by atoms with Crippen LogP contribution in [0.2, 0.25) is 0 Å². The minimum absolute atomic E-state index is 0.150. The summed E-state index contributed by atoms with van der Waals surface area (Å²) in [6.45, 7) is 2.10. The van der Waals surface area contributed by atoms with Crippen molar-refractivity contribution in [3.63, 3.8) is 0 Å². The number of benzene rings is 1. The molecule has 3 nitrogen and oxygen atoms in total. The van der Waals surface area contributed by atoms with E-state index in [9.17, 15) is 9.59 Å².